The van der Waals surface area contributed by atoms with Crippen molar-refractivity contribution in [3.63, 3.8) is 0 Å². The summed E-state index contributed by atoms with van der Waals surface area (Å²) in [5.41, 5.74) is 1.23. The average molecular weight is 465 g/mol. The Kier molecular flexibility index (Phi) is 5.16. The number of non-ortho nitro benzene ring substituents is 1. The monoisotopic (exact) mass is 464 g/mol. The number of rotatable bonds is 4. The highest BCUT2D eigenvalue weighted by atomic mass is 32.2. The van der Waals surface area contributed by atoms with Crippen molar-refractivity contribution in [1.82, 2.24) is 4.31 Å². The fourth-order valence-corrected chi connectivity index (χ4v) is 7.89. The van der Waals surface area contributed by atoms with E-state index in [4.69, 9.17) is 0 Å². The molecule has 0 aromatic heterocycles. The van der Waals surface area contributed by atoms with Crippen molar-refractivity contribution in [1.29, 1.82) is 0 Å². The first-order chi connectivity index (χ1) is 15.4. The first-order valence-electron chi connectivity index (χ1n) is 10.2. The van der Waals surface area contributed by atoms with E-state index in [2.05, 4.69) is 6.07 Å². The van der Waals surface area contributed by atoms with Gasteiger partial charge in [-0.3, -0.25) is 10.1 Å². The second-order valence-electron chi connectivity index (χ2n) is 7.78. The molecule has 1 fully saturated rings. The van der Waals surface area contributed by atoms with Gasteiger partial charge in [0.1, 0.15) is 0 Å². The highest BCUT2D eigenvalue weighted by Crippen LogP contribution is 2.47. The molecule has 32 heavy (non-hydrogen) atoms. The van der Waals surface area contributed by atoms with Crippen LogP contribution in [0.4, 0.5) is 5.69 Å². The lowest BCUT2D eigenvalue weighted by molar-refractivity contribution is -0.385. The second-order valence-corrected chi connectivity index (χ2v) is 10.8. The minimum Gasteiger partial charge on any atom is -0.258 e. The first kappa shape index (κ1) is 20.9. The summed E-state index contributed by atoms with van der Waals surface area (Å²) in [7, 11) is -3.95. The normalized spacial score (nSPS) is 17.2. The predicted molar refractivity (Wildman–Crippen MR) is 128 cm³/mol. The molecule has 8 heteroatoms. The van der Waals surface area contributed by atoms with Crippen molar-refractivity contribution in [2.75, 3.05) is 12.3 Å². The summed E-state index contributed by atoms with van der Waals surface area (Å²) < 4.78 is 29.0. The fourth-order valence-electron chi connectivity index (χ4n) is 4.35. The molecule has 6 nitrogen and oxygen atoms in total. The maximum absolute atomic E-state index is 13.8. The van der Waals surface area contributed by atoms with Crippen molar-refractivity contribution >= 4 is 49.0 Å². The zero-order valence-electron chi connectivity index (χ0n) is 17.3. The maximum Gasteiger partial charge on any atom is 0.270 e. The third-order valence-corrected chi connectivity index (χ3v) is 9.24. The topological polar surface area (TPSA) is 80.5 Å². The Bertz CT molecular complexity index is 1430. The Morgan fingerprint density at radius 3 is 2.22 bits per heavy atom. The molecule has 0 N–H and O–H groups in total. The third-order valence-electron chi connectivity index (χ3n) is 5.88. The van der Waals surface area contributed by atoms with Crippen LogP contribution < -0.4 is 0 Å². The van der Waals surface area contributed by atoms with Crippen molar-refractivity contribution < 1.29 is 13.3 Å². The number of thioether (sulfide) groups is 1. The average Bonchev–Trinajstić information content (AvgIpc) is 3.27. The molecule has 4 aromatic rings. The summed E-state index contributed by atoms with van der Waals surface area (Å²) in [5.74, 6) is 0.648. The van der Waals surface area contributed by atoms with Crippen LogP contribution >= 0.6 is 11.8 Å². The van der Waals surface area contributed by atoms with Gasteiger partial charge in [-0.2, -0.15) is 4.31 Å². The number of nitro groups is 1. The Balaban J connectivity index is 1.72. The molecule has 1 aliphatic rings. The van der Waals surface area contributed by atoms with E-state index in [0.717, 1.165) is 27.1 Å². The SMILES string of the molecule is Cc1ccc([N+](=O)[O-])cc1S(=O)(=O)N1CCSC1c1c2ccccc2cc2ccccc12. The molecule has 1 heterocycles. The van der Waals surface area contributed by atoms with Crippen LogP contribution in [0, 0.1) is 17.0 Å². The third kappa shape index (κ3) is 3.35. The summed E-state index contributed by atoms with van der Waals surface area (Å²) in [6.45, 7) is 2.01. The highest BCUT2D eigenvalue weighted by molar-refractivity contribution is 8.01. The van der Waals surface area contributed by atoms with E-state index >= 15 is 0 Å². The van der Waals surface area contributed by atoms with Gasteiger partial charge in [0.05, 0.1) is 15.2 Å². The number of sulfonamides is 1. The Morgan fingerprint density at radius 1 is 0.969 bits per heavy atom. The quantitative estimate of drug-likeness (QED) is 0.222. The first-order valence-corrected chi connectivity index (χ1v) is 12.7. The number of benzene rings is 4. The Labute approximate surface area is 190 Å². The van der Waals surface area contributed by atoms with E-state index in [9.17, 15) is 18.5 Å². The summed E-state index contributed by atoms with van der Waals surface area (Å²) in [6.07, 6.45) is 0. The van der Waals surface area contributed by atoms with Gasteiger partial charge in [-0.1, -0.05) is 54.6 Å². The number of aryl methyl sites for hydroxylation is 1. The minimum absolute atomic E-state index is 0.0104. The van der Waals surface area contributed by atoms with E-state index in [-0.39, 0.29) is 10.6 Å². The molecule has 0 amide bonds. The number of nitrogens with zero attached hydrogens (tertiary/aromatic N) is 2. The van der Waals surface area contributed by atoms with E-state index < -0.39 is 20.3 Å². The Morgan fingerprint density at radius 2 is 1.59 bits per heavy atom. The molecule has 5 rings (SSSR count). The van der Waals surface area contributed by atoms with Gasteiger partial charge in [0, 0.05) is 24.4 Å². The summed E-state index contributed by atoms with van der Waals surface area (Å²) in [6, 6.07) is 22.1. The van der Waals surface area contributed by atoms with E-state index in [1.54, 1.807) is 18.7 Å². The summed E-state index contributed by atoms with van der Waals surface area (Å²) in [4.78, 5) is 10.7. The Hall–Kier alpha value is -2.94. The molecule has 0 bridgehead atoms. The van der Waals surface area contributed by atoms with Crippen LogP contribution in [0.15, 0.2) is 77.7 Å². The summed E-state index contributed by atoms with van der Waals surface area (Å²) in [5, 5.41) is 15.0. The molecule has 0 radical (unpaired) electrons. The molecule has 1 unspecified atom stereocenters. The second kappa shape index (κ2) is 7.88. The highest BCUT2D eigenvalue weighted by Gasteiger charge is 2.39. The molecule has 162 valence electrons. The van der Waals surface area contributed by atoms with Crippen molar-refractivity contribution in [3.8, 4) is 0 Å². The van der Waals surface area contributed by atoms with E-state index in [0.29, 0.717) is 17.9 Å². The van der Waals surface area contributed by atoms with Gasteiger partial charge in [0.15, 0.2) is 0 Å². The molecule has 0 aliphatic carbocycles. The molecular weight excluding hydrogens is 444 g/mol. The maximum atomic E-state index is 13.8. The van der Waals surface area contributed by atoms with Crippen molar-refractivity contribution in [2.24, 2.45) is 0 Å². The van der Waals surface area contributed by atoms with Crippen LogP contribution in [0.5, 0.6) is 0 Å². The standard InChI is InChI=1S/C24H20N2O4S2/c1-16-10-11-19(26(27)28)15-22(16)32(29,30)25-12-13-31-24(25)23-20-8-4-2-6-17(20)14-18-7-3-5-9-21(18)23/h2-11,14-15,24H,12-13H2,1H3. The van der Waals surface area contributed by atoms with Gasteiger partial charge in [-0.15, -0.1) is 11.8 Å². The molecule has 0 saturated carbocycles. The smallest absolute Gasteiger partial charge is 0.258 e. The van der Waals surface area contributed by atoms with Gasteiger partial charge in [0.25, 0.3) is 5.69 Å². The van der Waals surface area contributed by atoms with Gasteiger partial charge in [0.2, 0.25) is 10.0 Å². The molecule has 1 saturated heterocycles. The minimum atomic E-state index is -3.95. The van der Waals surface area contributed by atoms with E-state index in [1.807, 2.05) is 48.5 Å². The molecular formula is C24H20N2O4S2. The predicted octanol–water partition coefficient (Wildman–Crippen LogP) is 5.65. The lowest BCUT2D eigenvalue weighted by Gasteiger charge is -2.26. The number of hydrogen-bond donors (Lipinski definition) is 0. The van der Waals surface area contributed by atoms with Crippen molar-refractivity contribution in [2.45, 2.75) is 17.2 Å². The lowest BCUT2D eigenvalue weighted by atomic mass is 9.96. The van der Waals surface area contributed by atoms with Crippen LogP contribution in [0.25, 0.3) is 21.5 Å². The summed E-state index contributed by atoms with van der Waals surface area (Å²) >= 11 is 1.58. The lowest BCUT2D eigenvalue weighted by Crippen LogP contribution is -2.31. The van der Waals surface area contributed by atoms with Gasteiger partial charge >= 0.3 is 0 Å². The van der Waals surface area contributed by atoms with Crippen molar-refractivity contribution in [3.05, 3.63) is 94.0 Å². The van der Waals surface area contributed by atoms with Crippen LogP contribution in [0.1, 0.15) is 16.5 Å². The van der Waals surface area contributed by atoms with Crippen LogP contribution in [0.2, 0.25) is 0 Å². The molecule has 1 aliphatic heterocycles. The molecule has 4 aromatic carbocycles. The number of fused-ring (bicyclic) bond motifs is 2. The number of hydrogen-bond acceptors (Lipinski definition) is 5. The zero-order valence-corrected chi connectivity index (χ0v) is 18.9. The van der Waals surface area contributed by atoms with Gasteiger partial charge < -0.3 is 0 Å². The zero-order chi connectivity index (χ0) is 22.5. The van der Waals surface area contributed by atoms with Gasteiger partial charge in [-0.25, -0.2) is 8.42 Å². The van der Waals surface area contributed by atoms with E-state index in [1.165, 1.54) is 22.5 Å². The van der Waals surface area contributed by atoms with Crippen LogP contribution in [0.3, 0.4) is 0 Å². The van der Waals surface area contributed by atoms with Crippen LogP contribution in [-0.2, 0) is 10.0 Å². The largest absolute Gasteiger partial charge is 0.270 e. The molecule has 0 spiro atoms. The van der Waals surface area contributed by atoms with Gasteiger partial charge in [-0.05, 0) is 45.7 Å². The number of nitro benzene ring substituents is 1. The molecule has 1 atom stereocenters. The fraction of sp³-hybridized carbons (Fsp3) is 0.167. The van der Waals surface area contributed by atoms with Crippen LogP contribution in [-0.4, -0.2) is 29.9 Å².